The average Bonchev–Trinajstić information content (AvgIpc) is 2.73. The van der Waals surface area contributed by atoms with E-state index in [9.17, 15) is 28.3 Å². The molecule has 0 atom stereocenters. The fraction of sp³-hybridized carbons (Fsp3) is 0.136. The summed E-state index contributed by atoms with van der Waals surface area (Å²) in [7, 11) is 1.43. The predicted octanol–water partition coefficient (Wildman–Crippen LogP) is 3.36. The molecule has 32 heavy (non-hydrogen) atoms. The average molecular weight is 443 g/mol. The first-order valence-corrected chi connectivity index (χ1v) is 9.43. The van der Waals surface area contributed by atoms with Crippen LogP contribution in [0.4, 0.5) is 25.0 Å². The predicted molar refractivity (Wildman–Crippen MR) is 113 cm³/mol. The number of hydrogen-bond acceptors (Lipinski definition) is 4. The number of anilines is 2. The number of carbonyl (C=O) groups is 2. The van der Waals surface area contributed by atoms with Gasteiger partial charge in [-0.05, 0) is 35.9 Å². The van der Waals surface area contributed by atoms with E-state index in [0.29, 0.717) is 0 Å². The maximum absolute atomic E-state index is 14.3. The summed E-state index contributed by atoms with van der Waals surface area (Å²) in [6.07, 6.45) is 0.950. The Hall–Kier alpha value is -4.21. The van der Waals surface area contributed by atoms with E-state index in [2.05, 4.69) is 5.32 Å². The van der Waals surface area contributed by atoms with Crippen molar-refractivity contribution in [2.24, 2.45) is 7.05 Å². The van der Waals surface area contributed by atoms with Crippen LogP contribution in [0.15, 0.2) is 59.5 Å². The number of carboxylic acids is 1. The molecule has 0 bridgehead atoms. The molecule has 3 N–H and O–H groups in total. The monoisotopic (exact) mass is 443 g/mol. The van der Waals surface area contributed by atoms with Gasteiger partial charge in [-0.1, -0.05) is 12.1 Å². The number of hydrogen-bond donors (Lipinski definition) is 3. The van der Waals surface area contributed by atoms with Crippen LogP contribution in [0.3, 0.4) is 0 Å². The van der Waals surface area contributed by atoms with Crippen LogP contribution in [0.1, 0.15) is 6.42 Å². The van der Waals surface area contributed by atoms with Crippen LogP contribution >= 0.6 is 0 Å². The van der Waals surface area contributed by atoms with Crippen molar-refractivity contribution < 1.29 is 28.6 Å². The molecule has 166 valence electrons. The standard InChI is InChI=1S/C22H19F2N3O5/c1-26-10-8-18(28)20(21(26)31)27(22(32)25-9-7-19(29)30)15-4-2-3-13(11-15)16-6-5-14(23)12-17(16)24/h2-6,8,10-12,28H,7,9H2,1H3,(H,25,32)(H,29,30). The number of benzene rings is 2. The molecule has 0 radical (unpaired) electrons. The van der Waals surface area contributed by atoms with E-state index in [1.165, 1.54) is 49.6 Å². The Bertz CT molecular complexity index is 1240. The number of carboxylic acid groups (broad SMARTS) is 1. The molecule has 1 heterocycles. The summed E-state index contributed by atoms with van der Waals surface area (Å²) in [6, 6.07) is 9.25. The van der Waals surface area contributed by atoms with Crippen LogP contribution in [0.5, 0.6) is 5.75 Å². The van der Waals surface area contributed by atoms with Crippen molar-refractivity contribution in [3.63, 3.8) is 0 Å². The van der Waals surface area contributed by atoms with E-state index in [1.807, 2.05) is 0 Å². The van der Waals surface area contributed by atoms with Crippen molar-refractivity contribution in [2.75, 3.05) is 11.4 Å². The van der Waals surface area contributed by atoms with Gasteiger partial charge in [0.2, 0.25) is 0 Å². The first-order valence-electron chi connectivity index (χ1n) is 9.43. The number of nitrogens with zero attached hydrogens (tertiary/aromatic N) is 2. The lowest BCUT2D eigenvalue weighted by molar-refractivity contribution is -0.136. The number of rotatable bonds is 6. The van der Waals surface area contributed by atoms with Gasteiger partial charge in [0.15, 0.2) is 5.69 Å². The second-order valence-electron chi connectivity index (χ2n) is 6.85. The molecular formula is C22H19F2N3O5. The molecule has 8 nitrogen and oxygen atoms in total. The summed E-state index contributed by atoms with van der Waals surface area (Å²) in [5, 5.41) is 21.5. The van der Waals surface area contributed by atoms with Gasteiger partial charge in [0.05, 0.1) is 12.1 Å². The molecular weight excluding hydrogens is 424 g/mol. The lowest BCUT2D eigenvalue weighted by Gasteiger charge is -2.24. The number of aromatic nitrogens is 1. The van der Waals surface area contributed by atoms with E-state index in [0.717, 1.165) is 21.6 Å². The highest BCUT2D eigenvalue weighted by Gasteiger charge is 2.25. The van der Waals surface area contributed by atoms with Gasteiger partial charge in [-0.25, -0.2) is 13.6 Å². The lowest BCUT2D eigenvalue weighted by Crippen LogP contribution is -2.41. The van der Waals surface area contributed by atoms with Crippen LogP contribution < -0.4 is 15.8 Å². The smallest absolute Gasteiger partial charge is 0.326 e. The molecule has 10 heteroatoms. The highest BCUT2D eigenvalue weighted by atomic mass is 19.1. The van der Waals surface area contributed by atoms with Crippen LogP contribution in [-0.2, 0) is 11.8 Å². The van der Waals surface area contributed by atoms with E-state index in [-0.39, 0.29) is 35.5 Å². The molecule has 0 aliphatic heterocycles. The summed E-state index contributed by atoms with van der Waals surface area (Å²) in [5.74, 6) is -3.19. The van der Waals surface area contributed by atoms with Crippen molar-refractivity contribution in [3.05, 3.63) is 76.7 Å². The van der Waals surface area contributed by atoms with E-state index < -0.39 is 34.9 Å². The fourth-order valence-electron chi connectivity index (χ4n) is 3.06. The zero-order valence-corrected chi connectivity index (χ0v) is 16.9. The number of aliphatic carboxylic acids is 1. The SMILES string of the molecule is Cn1ccc(O)c(N(C(=O)NCCC(=O)O)c2cccc(-c3ccc(F)cc3F)c2)c1=O. The first kappa shape index (κ1) is 22.5. The third kappa shape index (κ3) is 4.75. The zero-order chi connectivity index (χ0) is 23.4. The molecule has 2 aromatic carbocycles. The van der Waals surface area contributed by atoms with Gasteiger partial charge >= 0.3 is 12.0 Å². The molecule has 0 saturated heterocycles. The summed E-state index contributed by atoms with van der Waals surface area (Å²) >= 11 is 0. The molecule has 0 aliphatic rings. The Labute approximate surface area is 181 Å². The Balaban J connectivity index is 2.12. The van der Waals surface area contributed by atoms with Crippen molar-refractivity contribution >= 4 is 23.4 Å². The molecule has 0 aliphatic carbocycles. The minimum Gasteiger partial charge on any atom is -0.505 e. The molecule has 0 saturated carbocycles. The van der Waals surface area contributed by atoms with Crippen molar-refractivity contribution in [1.82, 2.24) is 9.88 Å². The van der Waals surface area contributed by atoms with Crippen molar-refractivity contribution in [1.29, 1.82) is 0 Å². The Morgan fingerprint density at radius 2 is 1.88 bits per heavy atom. The second kappa shape index (κ2) is 9.29. The largest absolute Gasteiger partial charge is 0.505 e. The van der Waals surface area contributed by atoms with Crippen LogP contribution in [0.2, 0.25) is 0 Å². The number of aryl methyl sites for hydroxylation is 1. The minimum absolute atomic E-state index is 0.0599. The second-order valence-corrected chi connectivity index (χ2v) is 6.85. The molecule has 2 amide bonds. The number of amides is 2. The number of nitrogens with one attached hydrogen (secondary N) is 1. The van der Waals surface area contributed by atoms with Gasteiger partial charge in [-0.2, -0.15) is 0 Å². The number of aromatic hydroxyl groups is 1. The molecule has 3 rings (SSSR count). The first-order chi connectivity index (χ1) is 15.2. The fourth-order valence-corrected chi connectivity index (χ4v) is 3.06. The van der Waals surface area contributed by atoms with Crippen LogP contribution in [0, 0.1) is 11.6 Å². The van der Waals surface area contributed by atoms with Crippen LogP contribution in [-0.4, -0.2) is 33.3 Å². The number of carbonyl (C=O) groups excluding carboxylic acids is 1. The molecule has 0 fully saturated rings. The lowest BCUT2D eigenvalue weighted by atomic mass is 10.0. The highest BCUT2D eigenvalue weighted by Crippen LogP contribution is 2.33. The van der Waals surface area contributed by atoms with E-state index in [4.69, 9.17) is 5.11 Å². The van der Waals surface area contributed by atoms with Gasteiger partial charge in [-0.15, -0.1) is 0 Å². The summed E-state index contributed by atoms with van der Waals surface area (Å²) in [4.78, 5) is 37.3. The maximum atomic E-state index is 14.3. The normalized spacial score (nSPS) is 10.6. The summed E-state index contributed by atoms with van der Waals surface area (Å²) < 4.78 is 28.7. The number of pyridine rings is 1. The summed E-state index contributed by atoms with van der Waals surface area (Å²) in [6.45, 7) is -0.231. The maximum Gasteiger partial charge on any atom is 0.326 e. The number of halogens is 2. The molecule has 3 aromatic rings. The molecule has 0 spiro atoms. The topological polar surface area (TPSA) is 112 Å². The highest BCUT2D eigenvalue weighted by molar-refractivity contribution is 6.01. The Kier molecular flexibility index (Phi) is 6.53. The van der Waals surface area contributed by atoms with Crippen LogP contribution in [0.25, 0.3) is 11.1 Å². The van der Waals surface area contributed by atoms with Crippen molar-refractivity contribution in [3.8, 4) is 16.9 Å². The summed E-state index contributed by atoms with van der Waals surface area (Å²) in [5.41, 5.74) is -0.630. The zero-order valence-electron chi connectivity index (χ0n) is 16.9. The van der Waals surface area contributed by atoms with Gasteiger partial charge in [0.1, 0.15) is 17.4 Å². The van der Waals surface area contributed by atoms with Crippen molar-refractivity contribution in [2.45, 2.75) is 6.42 Å². The van der Waals surface area contributed by atoms with E-state index in [1.54, 1.807) is 0 Å². The quantitative estimate of drug-likeness (QED) is 0.541. The Morgan fingerprint density at radius 3 is 2.56 bits per heavy atom. The molecule has 0 unspecified atom stereocenters. The Morgan fingerprint density at radius 1 is 1.12 bits per heavy atom. The van der Waals surface area contributed by atoms with Gasteiger partial charge in [-0.3, -0.25) is 14.5 Å². The minimum atomic E-state index is -1.14. The third-order valence-corrected chi connectivity index (χ3v) is 4.61. The van der Waals surface area contributed by atoms with Gasteiger partial charge in [0, 0.05) is 31.4 Å². The van der Waals surface area contributed by atoms with Gasteiger partial charge < -0.3 is 20.1 Å². The van der Waals surface area contributed by atoms with E-state index >= 15 is 0 Å². The number of urea groups is 1. The third-order valence-electron chi connectivity index (χ3n) is 4.61. The molecule has 1 aromatic heterocycles. The van der Waals surface area contributed by atoms with Gasteiger partial charge in [0.25, 0.3) is 5.56 Å².